The molecule has 26 heavy (non-hydrogen) atoms. The van der Waals surface area contributed by atoms with Crippen molar-refractivity contribution in [3.63, 3.8) is 0 Å². The molecule has 0 fully saturated rings. The van der Waals surface area contributed by atoms with Crippen LogP contribution in [-0.4, -0.2) is 87.5 Å². The first-order valence-corrected chi connectivity index (χ1v) is 7.36. The molecule has 4 atom stereocenters. The number of aliphatic hydroxyl groups excluding tert-OH is 2. The second kappa shape index (κ2) is 11.0. The van der Waals surface area contributed by atoms with Crippen LogP contribution >= 0.6 is 0 Å². The highest BCUT2D eigenvalue weighted by atomic mass is 16.4. The summed E-state index contributed by atoms with van der Waals surface area (Å²) in [7, 11) is 0. The van der Waals surface area contributed by atoms with E-state index in [9.17, 15) is 29.1 Å². The van der Waals surface area contributed by atoms with Crippen molar-refractivity contribution in [1.29, 1.82) is 0 Å². The average molecular weight is 378 g/mol. The molecular weight excluding hydrogens is 356 g/mol. The summed E-state index contributed by atoms with van der Waals surface area (Å²) in [6.45, 7) is -0.373. The van der Waals surface area contributed by atoms with Crippen LogP contribution in [-0.2, 0) is 24.0 Å². The van der Waals surface area contributed by atoms with E-state index >= 15 is 0 Å². The van der Waals surface area contributed by atoms with E-state index in [1.165, 1.54) is 6.92 Å². The molecule has 3 amide bonds. The lowest BCUT2D eigenvalue weighted by molar-refractivity contribution is -0.143. The first kappa shape index (κ1) is 23.2. The Hall–Kier alpha value is -2.77. The maximum Gasteiger partial charge on any atom is 0.328 e. The highest BCUT2D eigenvalue weighted by Gasteiger charge is 2.28. The first-order chi connectivity index (χ1) is 12.0. The Morgan fingerprint density at radius 2 is 1.58 bits per heavy atom. The fourth-order valence-electron chi connectivity index (χ4n) is 1.59. The number of amides is 3. The second-order valence-electron chi connectivity index (χ2n) is 5.28. The molecule has 0 rings (SSSR count). The molecule has 0 saturated carbocycles. The third-order valence-electron chi connectivity index (χ3n) is 3.07. The zero-order chi connectivity index (χ0) is 20.4. The molecule has 0 aromatic heterocycles. The van der Waals surface area contributed by atoms with Gasteiger partial charge in [0, 0.05) is 0 Å². The van der Waals surface area contributed by atoms with E-state index in [2.05, 4.69) is 0 Å². The third kappa shape index (κ3) is 8.36. The summed E-state index contributed by atoms with van der Waals surface area (Å²) >= 11 is 0. The summed E-state index contributed by atoms with van der Waals surface area (Å²) in [5.74, 6) is -5.88. The summed E-state index contributed by atoms with van der Waals surface area (Å²) in [4.78, 5) is 56.7. The van der Waals surface area contributed by atoms with Gasteiger partial charge in [0.1, 0.15) is 18.1 Å². The molecule has 13 heteroatoms. The Morgan fingerprint density at radius 1 is 1.00 bits per heavy atom. The van der Waals surface area contributed by atoms with Gasteiger partial charge < -0.3 is 42.1 Å². The van der Waals surface area contributed by atoms with Gasteiger partial charge >= 0.3 is 11.9 Å². The number of aliphatic carboxylic acids is 2. The Labute approximate surface area is 147 Å². The van der Waals surface area contributed by atoms with Crippen LogP contribution in [0.3, 0.4) is 0 Å². The quantitative estimate of drug-likeness (QED) is 0.171. The Kier molecular flexibility index (Phi) is 9.80. The molecule has 0 aliphatic carbocycles. The molecule has 0 saturated heterocycles. The van der Waals surface area contributed by atoms with Gasteiger partial charge in [-0.3, -0.25) is 19.2 Å². The van der Waals surface area contributed by atoms with Crippen LogP contribution in [0, 0.1) is 0 Å². The minimum absolute atomic E-state index is 0.725. The van der Waals surface area contributed by atoms with E-state index in [1.54, 1.807) is 0 Å². The van der Waals surface area contributed by atoms with Crippen molar-refractivity contribution in [3.8, 4) is 0 Å². The zero-order valence-corrected chi connectivity index (χ0v) is 13.8. The number of hydrogen-bond donors (Lipinski definition) is 8. The fourth-order valence-corrected chi connectivity index (χ4v) is 1.59. The minimum Gasteiger partial charge on any atom is -0.481 e. The normalized spacial score (nSPS) is 15.1. The van der Waals surface area contributed by atoms with E-state index in [4.69, 9.17) is 21.1 Å². The summed E-state index contributed by atoms with van der Waals surface area (Å²) in [5.41, 5.74) is 5.38. The summed E-state index contributed by atoms with van der Waals surface area (Å²) in [6, 6.07) is -4.55. The van der Waals surface area contributed by atoms with Crippen LogP contribution in [0.25, 0.3) is 0 Å². The van der Waals surface area contributed by atoms with Crippen LogP contribution in [0.1, 0.15) is 13.3 Å². The van der Waals surface area contributed by atoms with Gasteiger partial charge in [0.05, 0.1) is 25.7 Å². The largest absolute Gasteiger partial charge is 0.481 e. The van der Waals surface area contributed by atoms with E-state index in [0.29, 0.717) is 0 Å². The first-order valence-electron chi connectivity index (χ1n) is 7.36. The van der Waals surface area contributed by atoms with Gasteiger partial charge in [-0.1, -0.05) is 0 Å². The van der Waals surface area contributed by atoms with Crippen molar-refractivity contribution in [1.82, 2.24) is 16.0 Å². The zero-order valence-electron chi connectivity index (χ0n) is 13.8. The van der Waals surface area contributed by atoms with E-state index in [1.807, 2.05) is 16.0 Å². The standard InChI is InChI=1S/C13H22N4O9/c1-5(19)10(14)12(24)17-6(2-9(21)22)11(23)15-3-8(20)16-7(4-18)13(25)26/h5-7,10,18-19H,2-4,14H2,1H3,(H,15,23)(H,16,20)(H,17,24)(H,21,22)(H,25,26). The molecule has 0 bridgehead atoms. The minimum atomic E-state index is -1.58. The molecule has 0 aliphatic rings. The van der Waals surface area contributed by atoms with Gasteiger partial charge in [-0.2, -0.15) is 0 Å². The molecule has 13 nitrogen and oxygen atoms in total. The number of nitrogens with two attached hydrogens (primary N) is 1. The summed E-state index contributed by atoms with van der Waals surface area (Å²) < 4.78 is 0. The third-order valence-corrected chi connectivity index (χ3v) is 3.07. The molecule has 9 N–H and O–H groups in total. The highest BCUT2D eigenvalue weighted by Crippen LogP contribution is 1.97. The topological polar surface area (TPSA) is 228 Å². The Balaban J connectivity index is 4.79. The van der Waals surface area contributed by atoms with Crippen molar-refractivity contribution >= 4 is 29.7 Å². The maximum atomic E-state index is 12.0. The van der Waals surface area contributed by atoms with Gasteiger partial charge in [-0.15, -0.1) is 0 Å². The van der Waals surface area contributed by atoms with Gasteiger partial charge in [0.15, 0.2) is 0 Å². The molecule has 0 spiro atoms. The summed E-state index contributed by atoms with van der Waals surface area (Å²) in [6.07, 6.45) is -2.07. The van der Waals surface area contributed by atoms with Gasteiger partial charge in [-0.25, -0.2) is 4.79 Å². The molecule has 4 unspecified atom stereocenters. The number of carbonyl (C=O) groups excluding carboxylic acids is 3. The lowest BCUT2D eigenvalue weighted by atomic mass is 10.1. The number of nitrogens with one attached hydrogen (secondary N) is 3. The van der Waals surface area contributed by atoms with Crippen molar-refractivity contribution < 1.29 is 44.4 Å². The maximum absolute atomic E-state index is 12.0. The Bertz CT molecular complexity index is 552. The second-order valence-corrected chi connectivity index (χ2v) is 5.28. The molecule has 0 aromatic carbocycles. The molecule has 0 aliphatic heterocycles. The molecule has 0 aromatic rings. The number of aliphatic hydroxyl groups is 2. The van der Waals surface area contributed by atoms with Crippen molar-refractivity contribution in [2.75, 3.05) is 13.2 Å². The monoisotopic (exact) mass is 378 g/mol. The molecular formula is C13H22N4O9. The van der Waals surface area contributed by atoms with Gasteiger partial charge in [-0.05, 0) is 6.92 Å². The molecule has 0 heterocycles. The fraction of sp³-hybridized carbons (Fsp3) is 0.615. The van der Waals surface area contributed by atoms with Crippen LogP contribution < -0.4 is 21.7 Å². The lowest BCUT2D eigenvalue weighted by Crippen LogP contribution is -2.56. The summed E-state index contributed by atoms with van der Waals surface area (Å²) in [5, 5.41) is 41.5. The van der Waals surface area contributed by atoms with Gasteiger partial charge in [0.25, 0.3) is 0 Å². The van der Waals surface area contributed by atoms with Crippen LogP contribution in [0.4, 0.5) is 0 Å². The number of rotatable bonds is 11. The SMILES string of the molecule is CC(O)C(N)C(=O)NC(CC(=O)O)C(=O)NCC(=O)NC(CO)C(=O)O. The number of carbonyl (C=O) groups is 5. The van der Waals surface area contributed by atoms with E-state index < -0.39 is 73.5 Å². The van der Waals surface area contributed by atoms with E-state index in [0.717, 1.165) is 0 Å². The van der Waals surface area contributed by atoms with Crippen molar-refractivity contribution in [2.24, 2.45) is 5.73 Å². The smallest absolute Gasteiger partial charge is 0.328 e. The highest BCUT2D eigenvalue weighted by molar-refractivity contribution is 5.94. The number of carboxylic acid groups (broad SMARTS) is 2. The predicted octanol–water partition coefficient (Wildman–Crippen LogP) is -4.67. The predicted molar refractivity (Wildman–Crippen MR) is 83.5 cm³/mol. The van der Waals surface area contributed by atoms with Crippen molar-refractivity contribution in [3.05, 3.63) is 0 Å². The van der Waals surface area contributed by atoms with Crippen LogP contribution in [0.2, 0.25) is 0 Å². The van der Waals surface area contributed by atoms with Crippen LogP contribution in [0.15, 0.2) is 0 Å². The van der Waals surface area contributed by atoms with E-state index in [-0.39, 0.29) is 0 Å². The molecule has 148 valence electrons. The van der Waals surface area contributed by atoms with Crippen molar-refractivity contribution in [2.45, 2.75) is 37.6 Å². The lowest BCUT2D eigenvalue weighted by Gasteiger charge is -2.20. The number of carboxylic acids is 2. The molecule has 0 radical (unpaired) electrons. The van der Waals surface area contributed by atoms with Gasteiger partial charge in [0.2, 0.25) is 17.7 Å². The Morgan fingerprint density at radius 3 is 2.00 bits per heavy atom. The van der Waals surface area contributed by atoms with Crippen LogP contribution in [0.5, 0.6) is 0 Å². The number of hydrogen-bond acceptors (Lipinski definition) is 8. The average Bonchev–Trinajstić information content (AvgIpc) is 2.55.